The summed E-state index contributed by atoms with van der Waals surface area (Å²) in [6, 6.07) is 0. The van der Waals surface area contributed by atoms with E-state index in [0.717, 1.165) is 6.42 Å². The van der Waals surface area contributed by atoms with Crippen LogP contribution in [0.5, 0.6) is 0 Å². The van der Waals surface area contributed by atoms with Gasteiger partial charge in [0.15, 0.2) is 0 Å². The number of hydrogen-bond donors (Lipinski definition) is 1. The predicted molar refractivity (Wildman–Crippen MR) is 54.4 cm³/mol. The normalized spacial score (nSPS) is 11.5. The second-order valence-electron chi connectivity index (χ2n) is 3.93. The highest BCUT2D eigenvalue weighted by Crippen LogP contribution is 2.19. The zero-order chi connectivity index (χ0) is 10.4. The molecular weight excluding hydrogens is 150 g/mol. The molecule has 2 nitrogen and oxygen atoms in total. The number of hydrogen-bond acceptors (Lipinski definition) is 2. The van der Waals surface area contributed by atoms with E-state index in [1.165, 1.54) is 5.06 Å². The van der Waals surface area contributed by atoms with Crippen LogP contribution in [0.2, 0.25) is 0 Å². The fourth-order valence-electron chi connectivity index (χ4n) is 1.13. The third kappa shape index (κ3) is 6.62. The van der Waals surface area contributed by atoms with Gasteiger partial charge in [-0.2, -0.15) is 5.06 Å². The van der Waals surface area contributed by atoms with Gasteiger partial charge in [-0.25, -0.2) is 0 Å². The first kappa shape index (κ1) is 14.4. The molecule has 0 aromatic rings. The minimum Gasteiger partial charge on any atom is -0.314 e. The maximum atomic E-state index is 9.16. The molecular formula is C10H25NO. The monoisotopic (exact) mass is 175 g/mol. The maximum absolute atomic E-state index is 9.16. The molecule has 0 amide bonds. The van der Waals surface area contributed by atoms with Crippen molar-refractivity contribution in [3.8, 4) is 0 Å². The van der Waals surface area contributed by atoms with Gasteiger partial charge in [-0.1, -0.05) is 27.7 Å². The highest BCUT2D eigenvalue weighted by Gasteiger charge is 2.22. The number of rotatable bonds is 3. The predicted octanol–water partition coefficient (Wildman–Crippen LogP) is 3.16. The van der Waals surface area contributed by atoms with Gasteiger partial charge in [0, 0.05) is 12.6 Å². The molecule has 0 saturated heterocycles. The molecule has 76 valence electrons. The molecule has 0 aromatic heterocycles. The zero-order valence-electron chi connectivity index (χ0n) is 9.68. The van der Waals surface area contributed by atoms with Gasteiger partial charge in [-0.05, 0) is 26.2 Å². The van der Waals surface area contributed by atoms with Crippen LogP contribution in [0.1, 0.15) is 48.0 Å². The Kier molecular flexibility index (Phi) is 7.75. The standard InChI is InChI=1S/C8H19NO.C2H6/c1-7(2)6-8(3,4)9(5)10;1-2/h7,10H,6H2,1-5H3;1-2H3. The third-order valence-electron chi connectivity index (χ3n) is 1.78. The average molecular weight is 175 g/mol. The Labute approximate surface area is 77.5 Å². The lowest BCUT2D eigenvalue weighted by Gasteiger charge is -2.31. The molecule has 0 fully saturated rings. The summed E-state index contributed by atoms with van der Waals surface area (Å²) in [5.41, 5.74) is -0.0891. The molecule has 1 N–H and O–H groups in total. The van der Waals surface area contributed by atoms with Gasteiger partial charge in [0.05, 0.1) is 0 Å². The van der Waals surface area contributed by atoms with Crippen molar-refractivity contribution >= 4 is 0 Å². The minimum absolute atomic E-state index is 0.0891. The third-order valence-corrected chi connectivity index (χ3v) is 1.78. The van der Waals surface area contributed by atoms with Crippen molar-refractivity contribution in [3.63, 3.8) is 0 Å². The van der Waals surface area contributed by atoms with Crippen LogP contribution in [0.15, 0.2) is 0 Å². The van der Waals surface area contributed by atoms with Crippen LogP contribution in [0.4, 0.5) is 0 Å². The van der Waals surface area contributed by atoms with Crippen LogP contribution in [0.25, 0.3) is 0 Å². The van der Waals surface area contributed by atoms with Crippen LogP contribution in [-0.2, 0) is 0 Å². The minimum atomic E-state index is -0.0891. The lowest BCUT2D eigenvalue weighted by atomic mass is 9.93. The molecule has 0 bridgehead atoms. The van der Waals surface area contributed by atoms with Gasteiger partial charge in [0.1, 0.15) is 0 Å². The van der Waals surface area contributed by atoms with E-state index in [1.54, 1.807) is 7.05 Å². The quantitative estimate of drug-likeness (QED) is 0.666. The summed E-state index contributed by atoms with van der Waals surface area (Å²) in [6.45, 7) is 12.4. The highest BCUT2D eigenvalue weighted by molar-refractivity contribution is 4.75. The second-order valence-corrected chi connectivity index (χ2v) is 3.93. The largest absolute Gasteiger partial charge is 0.314 e. The van der Waals surface area contributed by atoms with E-state index in [0.29, 0.717) is 5.92 Å². The van der Waals surface area contributed by atoms with E-state index < -0.39 is 0 Å². The molecule has 0 aliphatic carbocycles. The summed E-state index contributed by atoms with van der Waals surface area (Å²) >= 11 is 0. The summed E-state index contributed by atoms with van der Waals surface area (Å²) in [4.78, 5) is 0. The van der Waals surface area contributed by atoms with Crippen molar-refractivity contribution in [2.75, 3.05) is 7.05 Å². The van der Waals surface area contributed by atoms with Gasteiger partial charge in [0.25, 0.3) is 0 Å². The van der Waals surface area contributed by atoms with Crippen LogP contribution in [0, 0.1) is 5.92 Å². The Morgan fingerprint density at radius 1 is 1.25 bits per heavy atom. The summed E-state index contributed by atoms with van der Waals surface area (Å²) in [7, 11) is 1.70. The molecule has 0 atom stereocenters. The molecule has 0 saturated carbocycles. The molecule has 2 heteroatoms. The van der Waals surface area contributed by atoms with E-state index >= 15 is 0 Å². The van der Waals surface area contributed by atoms with E-state index in [-0.39, 0.29) is 5.54 Å². The molecule has 0 aliphatic heterocycles. The molecule has 12 heavy (non-hydrogen) atoms. The Morgan fingerprint density at radius 2 is 1.58 bits per heavy atom. The van der Waals surface area contributed by atoms with Crippen molar-refractivity contribution in [3.05, 3.63) is 0 Å². The summed E-state index contributed by atoms with van der Waals surface area (Å²) in [5, 5.41) is 10.4. The number of hydroxylamine groups is 2. The first-order valence-electron chi connectivity index (χ1n) is 4.79. The zero-order valence-corrected chi connectivity index (χ0v) is 9.68. The average Bonchev–Trinajstić information content (AvgIpc) is 1.89. The van der Waals surface area contributed by atoms with Gasteiger partial charge in [-0.3, -0.25) is 0 Å². The van der Waals surface area contributed by atoms with E-state index in [1.807, 2.05) is 27.7 Å². The molecule has 0 aromatic carbocycles. The molecule has 0 radical (unpaired) electrons. The van der Waals surface area contributed by atoms with Crippen LogP contribution < -0.4 is 0 Å². The topological polar surface area (TPSA) is 23.5 Å². The van der Waals surface area contributed by atoms with Crippen LogP contribution >= 0.6 is 0 Å². The van der Waals surface area contributed by atoms with Crippen molar-refractivity contribution in [1.29, 1.82) is 0 Å². The molecule has 0 heterocycles. The van der Waals surface area contributed by atoms with Crippen LogP contribution in [-0.4, -0.2) is 22.9 Å². The molecule has 0 spiro atoms. The second kappa shape index (κ2) is 6.44. The smallest absolute Gasteiger partial charge is 0.0403 e. The number of nitrogens with zero attached hydrogens (tertiary/aromatic N) is 1. The van der Waals surface area contributed by atoms with E-state index in [4.69, 9.17) is 5.21 Å². The Hall–Kier alpha value is -0.0800. The Bertz CT molecular complexity index is 98.0. The lowest BCUT2D eigenvalue weighted by Crippen LogP contribution is -2.39. The summed E-state index contributed by atoms with van der Waals surface area (Å²) < 4.78 is 0. The van der Waals surface area contributed by atoms with E-state index in [9.17, 15) is 0 Å². The molecule has 0 aliphatic rings. The van der Waals surface area contributed by atoms with Gasteiger partial charge < -0.3 is 5.21 Å². The summed E-state index contributed by atoms with van der Waals surface area (Å²) in [6.07, 6.45) is 1.01. The first-order chi connectivity index (χ1) is 5.36. The SMILES string of the molecule is CC.CC(C)CC(C)(C)N(C)O. The van der Waals surface area contributed by atoms with Crippen molar-refractivity contribution in [2.24, 2.45) is 5.92 Å². The van der Waals surface area contributed by atoms with Crippen molar-refractivity contribution < 1.29 is 5.21 Å². The fraction of sp³-hybridized carbons (Fsp3) is 1.00. The fourth-order valence-corrected chi connectivity index (χ4v) is 1.13. The Morgan fingerprint density at radius 3 is 1.67 bits per heavy atom. The van der Waals surface area contributed by atoms with Gasteiger partial charge >= 0.3 is 0 Å². The van der Waals surface area contributed by atoms with Gasteiger partial charge in [0.2, 0.25) is 0 Å². The van der Waals surface area contributed by atoms with Crippen molar-refractivity contribution in [1.82, 2.24) is 5.06 Å². The molecule has 0 rings (SSSR count). The maximum Gasteiger partial charge on any atom is 0.0403 e. The van der Waals surface area contributed by atoms with Crippen LogP contribution in [0.3, 0.4) is 0 Å². The Balaban J connectivity index is 0. The summed E-state index contributed by atoms with van der Waals surface area (Å²) in [5.74, 6) is 0.629. The highest BCUT2D eigenvalue weighted by atomic mass is 16.5. The first-order valence-corrected chi connectivity index (χ1v) is 4.79. The van der Waals surface area contributed by atoms with Gasteiger partial charge in [-0.15, -0.1) is 0 Å². The lowest BCUT2D eigenvalue weighted by molar-refractivity contribution is -0.145. The molecule has 0 unspecified atom stereocenters. The van der Waals surface area contributed by atoms with Crippen molar-refractivity contribution in [2.45, 2.75) is 53.5 Å². The van der Waals surface area contributed by atoms with E-state index in [2.05, 4.69) is 13.8 Å².